The van der Waals surface area contributed by atoms with E-state index in [4.69, 9.17) is 10.5 Å². The second-order valence-electron chi connectivity index (χ2n) is 4.21. The van der Waals surface area contributed by atoms with Crippen LogP contribution in [0.1, 0.15) is 6.92 Å². The van der Waals surface area contributed by atoms with Crippen molar-refractivity contribution in [3.05, 3.63) is 42.5 Å². The van der Waals surface area contributed by atoms with Gasteiger partial charge in [0.05, 0.1) is 18.5 Å². The molecule has 0 atom stereocenters. The first-order valence-electron chi connectivity index (χ1n) is 6.07. The zero-order valence-corrected chi connectivity index (χ0v) is 12.2. The highest BCUT2D eigenvalue weighted by Gasteiger charge is 2.04. The van der Waals surface area contributed by atoms with Gasteiger partial charge in [-0.2, -0.15) is 0 Å². The summed E-state index contributed by atoms with van der Waals surface area (Å²) < 4.78 is 5.19. The Bertz CT molecular complexity index is 629. The van der Waals surface area contributed by atoms with Gasteiger partial charge in [0, 0.05) is 16.7 Å². The number of hydrogen-bond acceptors (Lipinski definition) is 4. The highest BCUT2D eigenvalue weighted by molar-refractivity contribution is 7.99. The lowest BCUT2D eigenvalue weighted by Crippen LogP contribution is -2.07. The largest absolute Gasteiger partial charge is 0.497 e. The maximum Gasteiger partial charge on any atom is 0.221 e. The summed E-state index contributed by atoms with van der Waals surface area (Å²) in [6, 6.07) is 13.4. The molecule has 0 aliphatic carbocycles. The fourth-order valence-corrected chi connectivity index (χ4v) is 2.62. The van der Waals surface area contributed by atoms with Gasteiger partial charge in [-0.15, -0.1) is 0 Å². The molecule has 0 aliphatic rings. The molecule has 0 saturated carbocycles. The molecule has 20 heavy (non-hydrogen) atoms. The molecule has 0 spiro atoms. The van der Waals surface area contributed by atoms with Crippen LogP contribution in [0.15, 0.2) is 52.3 Å². The molecule has 3 N–H and O–H groups in total. The number of amides is 1. The molecule has 0 radical (unpaired) electrons. The van der Waals surface area contributed by atoms with Crippen molar-refractivity contribution in [1.29, 1.82) is 0 Å². The lowest BCUT2D eigenvalue weighted by Gasteiger charge is -2.09. The van der Waals surface area contributed by atoms with E-state index in [0.717, 1.165) is 15.5 Å². The van der Waals surface area contributed by atoms with Crippen molar-refractivity contribution in [2.45, 2.75) is 16.7 Å². The fourth-order valence-electron chi connectivity index (χ4n) is 1.71. The maximum absolute atomic E-state index is 11.0. The normalized spacial score (nSPS) is 10.1. The van der Waals surface area contributed by atoms with Crippen molar-refractivity contribution >= 4 is 29.0 Å². The first-order valence-corrected chi connectivity index (χ1v) is 6.89. The van der Waals surface area contributed by atoms with Crippen LogP contribution in [0.2, 0.25) is 0 Å². The topological polar surface area (TPSA) is 64.3 Å². The van der Waals surface area contributed by atoms with Gasteiger partial charge >= 0.3 is 0 Å². The van der Waals surface area contributed by atoms with Crippen LogP contribution < -0.4 is 15.8 Å². The summed E-state index contributed by atoms with van der Waals surface area (Å²) in [6.07, 6.45) is 0. The van der Waals surface area contributed by atoms with Crippen LogP contribution in [0.5, 0.6) is 5.75 Å². The minimum absolute atomic E-state index is 0.134. The van der Waals surface area contributed by atoms with Crippen LogP contribution in [0.3, 0.4) is 0 Å². The summed E-state index contributed by atoms with van der Waals surface area (Å²) in [5.41, 5.74) is 7.11. The Kier molecular flexibility index (Phi) is 4.53. The van der Waals surface area contributed by atoms with Crippen molar-refractivity contribution in [2.24, 2.45) is 0 Å². The van der Waals surface area contributed by atoms with Crippen molar-refractivity contribution in [3.63, 3.8) is 0 Å². The number of carbonyl (C=O) groups is 1. The molecule has 1 amide bonds. The van der Waals surface area contributed by atoms with Crippen LogP contribution in [0.4, 0.5) is 11.4 Å². The fraction of sp³-hybridized carbons (Fsp3) is 0.133. The average Bonchev–Trinajstić information content (AvgIpc) is 2.42. The van der Waals surface area contributed by atoms with Crippen LogP contribution in [-0.2, 0) is 4.79 Å². The second-order valence-corrected chi connectivity index (χ2v) is 5.36. The number of rotatable bonds is 4. The van der Waals surface area contributed by atoms with Gasteiger partial charge in [0.15, 0.2) is 0 Å². The monoisotopic (exact) mass is 288 g/mol. The van der Waals surface area contributed by atoms with Crippen LogP contribution in [0, 0.1) is 0 Å². The second kappa shape index (κ2) is 6.34. The average molecular weight is 288 g/mol. The summed E-state index contributed by atoms with van der Waals surface area (Å²) in [5.74, 6) is 0.683. The van der Waals surface area contributed by atoms with Crippen LogP contribution in [0.25, 0.3) is 0 Å². The predicted molar refractivity (Wildman–Crippen MR) is 82.3 cm³/mol. The first-order chi connectivity index (χ1) is 9.58. The van der Waals surface area contributed by atoms with Gasteiger partial charge in [-0.1, -0.05) is 17.8 Å². The summed E-state index contributed by atoms with van der Waals surface area (Å²) in [5, 5.41) is 2.69. The molecule has 0 unspecified atom stereocenters. The summed E-state index contributed by atoms with van der Waals surface area (Å²) in [6.45, 7) is 1.46. The minimum atomic E-state index is -0.134. The summed E-state index contributed by atoms with van der Waals surface area (Å²) in [7, 11) is 1.64. The Morgan fingerprint density at radius 3 is 2.60 bits per heavy atom. The van der Waals surface area contributed by atoms with E-state index < -0.39 is 0 Å². The van der Waals surface area contributed by atoms with Crippen LogP contribution in [-0.4, -0.2) is 13.0 Å². The van der Waals surface area contributed by atoms with E-state index in [9.17, 15) is 4.79 Å². The third-order valence-corrected chi connectivity index (χ3v) is 3.59. The molecule has 2 aromatic rings. The number of methoxy groups -OCH3 is 1. The first kappa shape index (κ1) is 14.3. The number of nitrogens with one attached hydrogen (secondary N) is 1. The van der Waals surface area contributed by atoms with Crippen molar-refractivity contribution < 1.29 is 9.53 Å². The van der Waals surface area contributed by atoms with E-state index in [0.29, 0.717) is 11.4 Å². The predicted octanol–water partition coefficient (Wildman–Crippen LogP) is 3.39. The number of carbonyl (C=O) groups excluding carboxylic acids is 1. The zero-order valence-electron chi connectivity index (χ0n) is 11.3. The molecule has 0 bridgehead atoms. The Morgan fingerprint density at radius 2 is 1.95 bits per heavy atom. The van der Waals surface area contributed by atoms with Gasteiger partial charge < -0.3 is 15.8 Å². The van der Waals surface area contributed by atoms with Gasteiger partial charge in [-0.25, -0.2) is 0 Å². The molecule has 5 heteroatoms. The smallest absolute Gasteiger partial charge is 0.221 e. The lowest BCUT2D eigenvalue weighted by molar-refractivity contribution is -0.114. The van der Waals surface area contributed by atoms with E-state index in [1.807, 2.05) is 36.4 Å². The molecule has 4 nitrogen and oxygen atoms in total. The highest BCUT2D eigenvalue weighted by atomic mass is 32.2. The van der Waals surface area contributed by atoms with E-state index in [1.54, 1.807) is 24.9 Å². The van der Waals surface area contributed by atoms with Crippen molar-refractivity contribution in [2.75, 3.05) is 18.2 Å². The molecular weight excluding hydrogens is 272 g/mol. The van der Waals surface area contributed by atoms with Crippen molar-refractivity contribution in [1.82, 2.24) is 0 Å². The Hall–Kier alpha value is -2.14. The Balaban J connectivity index is 2.17. The standard InChI is InChI=1S/C15H16N2O2S/c1-10(18)17-15-7-6-13(9-14(15)16)20-12-5-3-4-11(8-12)19-2/h3-9H,16H2,1-2H3,(H,17,18). The van der Waals surface area contributed by atoms with Crippen molar-refractivity contribution in [3.8, 4) is 5.75 Å². The number of benzene rings is 2. The third kappa shape index (κ3) is 3.68. The molecule has 0 heterocycles. The molecule has 0 aromatic heterocycles. The number of hydrogen-bond donors (Lipinski definition) is 2. The number of anilines is 2. The SMILES string of the molecule is COc1cccc(Sc2ccc(NC(C)=O)c(N)c2)c1. The van der Waals surface area contributed by atoms with E-state index in [-0.39, 0.29) is 5.91 Å². The minimum Gasteiger partial charge on any atom is -0.497 e. The lowest BCUT2D eigenvalue weighted by atomic mass is 10.2. The van der Waals surface area contributed by atoms with Crippen LogP contribution >= 0.6 is 11.8 Å². The number of ether oxygens (including phenoxy) is 1. The molecule has 2 aromatic carbocycles. The third-order valence-electron chi connectivity index (χ3n) is 2.61. The van der Waals surface area contributed by atoms with E-state index in [2.05, 4.69) is 5.32 Å². The van der Waals surface area contributed by atoms with Gasteiger partial charge in [-0.05, 0) is 36.4 Å². The molecule has 0 fully saturated rings. The summed E-state index contributed by atoms with van der Waals surface area (Å²) >= 11 is 1.59. The molecule has 0 saturated heterocycles. The molecule has 2 rings (SSSR count). The summed E-state index contributed by atoms with van der Waals surface area (Å²) in [4.78, 5) is 13.1. The molecule has 104 valence electrons. The van der Waals surface area contributed by atoms with E-state index >= 15 is 0 Å². The Labute approximate surface area is 122 Å². The van der Waals surface area contributed by atoms with Gasteiger partial charge in [0.2, 0.25) is 5.91 Å². The number of nitrogen functional groups attached to an aromatic ring is 1. The Morgan fingerprint density at radius 1 is 1.20 bits per heavy atom. The molecule has 0 aliphatic heterocycles. The zero-order chi connectivity index (χ0) is 14.5. The maximum atomic E-state index is 11.0. The number of nitrogens with two attached hydrogens (primary N) is 1. The van der Waals surface area contributed by atoms with Gasteiger partial charge in [0.25, 0.3) is 0 Å². The van der Waals surface area contributed by atoms with Gasteiger partial charge in [-0.3, -0.25) is 4.79 Å². The molecular formula is C15H16N2O2S. The highest BCUT2D eigenvalue weighted by Crippen LogP contribution is 2.33. The quantitative estimate of drug-likeness (QED) is 0.846. The van der Waals surface area contributed by atoms with E-state index in [1.165, 1.54) is 6.92 Å². The van der Waals surface area contributed by atoms with Gasteiger partial charge in [0.1, 0.15) is 5.75 Å².